The average molecular weight is 295 g/mol. The van der Waals surface area contributed by atoms with E-state index in [-0.39, 0.29) is 11.4 Å². The molecule has 5 nitrogen and oxygen atoms in total. The SMILES string of the molecule is CN(Cc1cccc(C(=N)N)c1F)CC1(O)CCOCC1. The summed E-state index contributed by atoms with van der Waals surface area (Å²) in [4.78, 5) is 1.88. The fourth-order valence-corrected chi connectivity index (χ4v) is 2.67. The van der Waals surface area contributed by atoms with Crippen LogP contribution in [0, 0.1) is 11.2 Å². The summed E-state index contributed by atoms with van der Waals surface area (Å²) in [5.74, 6) is -0.740. The predicted molar refractivity (Wildman–Crippen MR) is 78.8 cm³/mol. The lowest BCUT2D eigenvalue weighted by Gasteiger charge is -2.35. The van der Waals surface area contributed by atoms with Gasteiger partial charge in [0.2, 0.25) is 0 Å². The van der Waals surface area contributed by atoms with E-state index in [4.69, 9.17) is 15.9 Å². The van der Waals surface area contributed by atoms with Gasteiger partial charge in [0, 0.05) is 44.7 Å². The van der Waals surface area contributed by atoms with Crippen molar-refractivity contribution >= 4 is 5.84 Å². The Morgan fingerprint density at radius 3 is 2.76 bits per heavy atom. The number of rotatable bonds is 5. The number of benzene rings is 1. The van der Waals surface area contributed by atoms with Crippen LogP contribution in [0.15, 0.2) is 18.2 Å². The van der Waals surface area contributed by atoms with Crippen molar-refractivity contribution in [2.75, 3.05) is 26.8 Å². The summed E-state index contributed by atoms with van der Waals surface area (Å²) in [5.41, 5.74) is 5.17. The largest absolute Gasteiger partial charge is 0.388 e. The van der Waals surface area contributed by atoms with E-state index in [1.54, 1.807) is 12.1 Å². The molecule has 6 heteroatoms. The topological polar surface area (TPSA) is 82.6 Å². The standard InChI is InChI=1S/C15H22FN3O2/c1-19(10-15(20)5-7-21-8-6-15)9-11-3-2-4-12(13(11)16)14(17)18/h2-4,20H,5-10H2,1H3,(H3,17,18). The highest BCUT2D eigenvalue weighted by atomic mass is 19.1. The first-order valence-electron chi connectivity index (χ1n) is 7.02. The van der Waals surface area contributed by atoms with Crippen molar-refractivity contribution in [3.05, 3.63) is 35.1 Å². The van der Waals surface area contributed by atoms with Gasteiger partial charge in [-0.15, -0.1) is 0 Å². The van der Waals surface area contributed by atoms with Gasteiger partial charge < -0.3 is 15.6 Å². The van der Waals surface area contributed by atoms with Crippen molar-refractivity contribution in [3.8, 4) is 0 Å². The summed E-state index contributed by atoms with van der Waals surface area (Å²) in [6.07, 6.45) is 1.18. The van der Waals surface area contributed by atoms with E-state index in [1.807, 2.05) is 11.9 Å². The van der Waals surface area contributed by atoms with Gasteiger partial charge in [-0.3, -0.25) is 10.3 Å². The number of likely N-dealkylation sites (N-methyl/N-ethyl adjacent to an activating group) is 1. The highest BCUT2D eigenvalue weighted by Crippen LogP contribution is 2.22. The van der Waals surface area contributed by atoms with E-state index in [1.165, 1.54) is 6.07 Å². The second kappa shape index (κ2) is 6.51. The lowest BCUT2D eigenvalue weighted by atomic mass is 9.93. The Morgan fingerprint density at radius 1 is 1.48 bits per heavy atom. The van der Waals surface area contributed by atoms with E-state index >= 15 is 0 Å². The fraction of sp³-hybridized carbons (Fsp3) is 0.533. The molecule has 0 spiro atoms. The molecule has 1 saturated heterocycles. The summed E-state index contributed by atoms with van der Waals surface area (Å²) >= 11 is 0. The maximum atomic E-state index is 14.2. The van der Waals surface area contributed by atoms with Gasteiger partial charge in [-0.1, -0.05) is 12.1 Å². The zero-order chi connectivity index (χ0) is 15.5. The Balaban J connectivity index is 2.04. The van der Waals surface area contributed by atoms with Gasteiger partial charge in [-0.25, -0.2) is 4.39 Å². The van der Waals surface area contributed by atoms with Gasteiger partial charge in [0.15, 0.2) is 0 Å². The minimum absolute atomic E-state index is 0.116. The molecule has 0 radical (unpaired) electrons. The minimum atomic E-state index is -0.776. The number of ether oxygens (including phenoxy) is 1. The second-order valence-corrected chi connectivity index (χ2v) is 5.70. The van der Waals surface area contributed by atoms with Crippen molar-refractivity contribution in [3.63, 3.8) is 0 Å². The summed E-state index contributed by atoms with van der Waals surface area (Å²) in [7, 11) is 1.84. The van der Waals surface area contributed by atoms with Crippen molar-refractivity contribution in [2.45, 2.75) is 25.0 Å². The molecule has 1 aromatic carbocycles. The lowest BCUT2D eigenvalue weighted by Crippen LogP contribution is -2.45. The molecule has 0 aromatic heterocycles. The summed E-state index contributed by atoms with van der Waals surface area (Å²) in [6.45, 7) is 1.92. The molecular weight excluding hydrogens is 273 g/mol. The molecule has 0 unspecified atom stereocenters. The Hall–Kier alpha value is -1.50. The van der Waals surface area contributed by atoms with Crippen LogP contribution in [-0.4, -0.2) is 48.2 Å². The van der Waals surface area contributed by atoms with Crippen molar-refractivity contribution < 1.29 is 14.2 Å². The maximum absolute atomic E-state index is 14.2. The van der Waals surface area contributed by atoms with Crippen molar-refractivity contribution in [2.24, 2.45) is 5.73 Å². The molecule has 0 amide bonds. The zero-order valence-corrected chi connectivity index (χ0v) is 12.2. The number of aliphatic hydroxyl groups is 1. The molecule has 0 aliphatic carbocycles. The van der Waals surface area contributed by atoms with E-state index < -0.39 is 11.4 Å². The Bertz CT molecular complexity index is 516. The number of nitrogen functional groups attached to an aromatic ring is 1. The van der Waals surface area contributed by atoms with Gasteiger partial charge in [0.05, 0.1) is 11.2 Å². The predicted octanol–water partition coefficient (Wildman–Crippen LogP) is 1.08. The van der Waals surface area contributed by atoms with Crippen LogP contribution in [0.2, 0.25) is 0 Å². The van der Waals surface area contributed by atoms with E-state index in [0.29, 0.717) is 44.7 Å². The van der Waals surface area contributed by atoms with Crippen LogP contribution in [0.5, 0.6) is 0 Å². The molecule has 0 saturated carbocycles. The first kappa shape index (κ1) is 15.9. The molecule has 1 fully saturated rings. The molecule has 116 valence electrons. The third-order valence-electron chi connectivity index (χ3n) is 3.80. The first-order valence-corrected chi connectivity index (χ1v) is 7.02. The normalized spacial score (nSPS) is 17.9. The molecule has 21 heavy (non-hydrogen) atoms. The highest BCUT2D eigenvalue weighted by Gasteiger charge is 2.31. The Kier molecular flexibility index (Phi) is 4.92. The zero-order valence-electron chi connectivity index (χ0n) is 12.2. The first-order chi connectivity index (χ1) is 9.91. The lowest BCUT2D eigenvalue weighted by molar-refractivity contribution is -0.0778. The summed E-state index contributed by atoms with van der Waals surface area (Å²) < 4.78 is 19.5. The van der Waals surface area contributed by atoms with Crippen LogP contribution in [0.3, 0.4) is 0 Å². The smallest absolute Gasteiger partial charge is 0.138 e. The van der Waals surface area contributed by atoms with E-state index in [0.717, 1.165) is 0 Å². The van der Waals surface area contributed by atoms with Gasteiger partial charge in [0.1, 0.15) is 11.7 Å². The fourth-order valence-electron chi connectivity index (χ4n) is 2.67. The van der Waals surface area contributed by atoms with Crippen LogP contribution in [0.1, 0.15) is 24.0 Å². The second-order valence-electron chi connectivity index (χ2n) is 5.70. The highest BCUT2D eigenvalue weighted by molar-refractivity contribution is 5.95. The number of amidine groups is 1. The Labute approximate surface area is 124 Å². The minimum Gasteiger partial charge on any atom is -0.388 e. The monoisotopic (exact) mass is 295 g/mol. The number of nitrogens with one attached hydrogen (secondary N) is 1. The Morgan fingerprint density at radius 2 is 2.14 bits per heavy atom. The third kappa shape index (κ3) is 4.00. The van der Waals surface area contributed by atoms with Gasteiger partial charge in [0.25, 0.3) is 0 Å². The van der Waals surface area contributed by atoms with Crippen molar-refractivity contribution in [1.29, 1.82) is 5.41 Å². The number of hydrogen-bond acceptors (Lipinski definition) is 4. The van der Waals surface area contributed by atoms with Gasteiger partial charge in [-0.2, -0.15) is 0 Å². The molecular formula is C15H22FN3O2. The van der Waals surface area contributed by atoms with Crippen LogP contribution >= 0.6 is 0 Å². The quantitative estimate of drug-likeness (QED) is 0.561. The van der Waals surface area contributed by atoms with Crippen LogP contribution in [0.25, 0.3) is 0 Å². The van der Waals surface area contributed by atoms with Gasteiger partial charge >= 0.3 is 0 Å². The number of halogens is 1. The molecule has 1 aromatic rings. The third-order valence-corrected chi connectivity index (χ3v) is 3.80. The average Bonchev–Trinajstić information content (AvgIpc) is 2.41. The summed E-state index contributed by atoms with van der Waals surface area (Å²) in [5, 5.41) is 17.8. The molecule has 4 N–H and O–H groups in total. The van der Waals surface area contributed by atoms with Crippen molar-refractivity contribution in [1.82, 2.24) is 4.90 Å². The van der Waals surface area contributed by atoms with E-state index in [9.17, 15) is 9.50 Å². The van der Waals surface area contributed by atoms with Gasteiger partial charge in [-0.05, 0) is 13.1 Å². The number of nitrogens with two attached hydrogens (primary N) is 1. The molecule has 1 aliphatic rings. The summed E-state index contributed by atoms with van der Waals surface area (Å²) in [6, 6.07) is 4.85. The molecule has 0 atom stereocenters. The number of nitrogens with zero attached hydrogens (tertiary/aromatic N) is 1. The van der Waals surface area contributed by atoms with Crippen LogP contribution < -0.4 is 5.73 Å². The molecule has 0 bridgehead atoms. The molecule has 1 aliphatic heterocycles. The maximum Gasteiger partial charge on any atom is 0.138 e. The molecule has 2 rings (SSSR count). The van der Waals surface area contributed by atoms with Crippen LogP contribution in [0.4, 0.5) is 4.39 Å². The molecule has 1 heterocycles. The number of hydrogen-bond donors (Lipinski definition) is 3. The van der Waals surface area contributed by atoms with Crippen LogP contribution in [-0.2, 0) is 11.3 Å². The van der Waals surface area contributed by atoms with E-state index in [2.05, 4.69) is 0 Å².